The average molecular weight is 688 g/mol. The Morgan fingerprint density at radius 2 is 1.34 bits per heavy atom. The third-order valence-corrected chi connectivity index (χ3v) is 10.1. The van der Waals surface area contributed by atoms with Crippen LogP contribution in [0.3, 0.4) is 0 Å². The molecule has 0 radical (unpaired) electrons. The Balaban J connectivity index is 1.23. The van der Waals surface area contributed by atoms with Crippen LogP contribution in [0, 0.1) is 5.82 Å². The molecule has 252 valence electrons. The quantitative estimate of drug-likeness (QED) is 0.121. The van der Waals surface area contributed by atoms with E-state index in [1.54, 1.807) is 25.3 Å². The van der Waals surface area contributed by atoms with Gasteiger partial charge in [-0.3, -0.25) is 14.6 Å². The van der Waals surface area contributed by atoms with E-state index in [4.69, 9.17) is 0 Å². The summed E-state index contributed by atoms with van der Waals surface area (Å²) in [5.41, 5.74) is 4.17. The summed E-state index contributed by atoms with van der Waals surface area (Å²) in [6.45, 7) is 1.73. The number of nitrogens with one attached hydrogen (secondary N) is 2. The van der Waals surface area contributed by atoms with E-state index in [0.717, 1.165) is 16.7 Å². The van der Waals surface area contributed by atoms with E-state index in [0.29, 0.717) is 16.6 Å². The predicted molar refractivity (Wildman–Crippen MR) is 192 cm³/mol. The summed E-state index contributed by atoms with van der Waals surface area (Å²) in [6.07, 6.45) is 4.64. The van der Waals surface area contributed by atoms with Gasteiger partial charge in [0.05, 0.1) is 33.9 Å². The van der Waals surface area contributed by atoms with Crippen LogP contribution in [0.5, 0.6) is 0 Å². The van der Waals surface area contributed by atoms with E-state index >= 15 is 0 Å². The number of hydrogen-bond donors (Lipinski definition) is 3. The molecule has 0 saturated heterocycles. The van der Waals surface area contributed by atoms with Gasteiger partial charge >= 0.3 is 5.97 Å². The lowest BCUT2D eigenvalue weighted by Crippen LogP contribution is -2.52. The highest BCUT2D eigenvalue weighted by atomic mass is 32.2. The number of carbonyl (C=O) groups is 3. The van der Waals surface area contributed by atoms with Crippen LogP contribution >= 0.6 is 11.8 Å². The number of halogens is 1. The first-order valence-electron chi connectivity index (χ1n) is 16.0. The third kappa shape index (κ3) is 6.99. The van der Waals surface area contributed by atoms with Crippen LogP contribution in [0.2, 0.25) is 0 Å². The molecule has 11 heteroatoms. The molecule has 2 aromatic heterocycles. The second-order valence-electron chi connectivity index (χ2n) is 11.6. The Labute approximate surface area is 292 Å². The van der Waals surface area contributed by atoms with Gasteiger partial charge in [0.1, 0.15) is 17.9 Å². The molecule has 0 aliphatic carbocycles. The number of aromatic nitrogens is 3. The van der Waals surface area contributed by atoms with Crippen LogP contribution in [0.4, 0.5) is 4.39 Å². The minimum atomic E-state index is -1.27. The monoisotopic (exact) mass is 687 g/mol. The van der Waals surface area contributed by atoms with Gasteiger partial charge in [-0.2, -0.15) is 5.10 Å². The molecule has 2 heterocycles. The first kappa shape index (κ1) is 34.1. The van der Waals surface area contributed by atoms with Crippen molar-refractivity contribution in [3.8, 4) is 5.69 Å². The fourth-order valence-corrected chi connectivity index (χ4v) is 7.47. The van der Waals surface area contributed by atoms with E-state index in [-0.39, 0.29) is 23.6 Å². The lowest BCUT2D eigenvalue weighted by atomic mass is 9.84. The zero-order valence-corrected chi connectivity index (χ0v) is 27.9. The van der Waals surface area contributed by atoms with Crippen molar-refractivity contribution in [1.82, 2.24) is 25.4 Å². The van der Waals surface area contributed by atoms with E-state index in [9.17, 15) is 23.9 Å². The molecule has 2 amide bonds. The summed E-state index contributed by atoms with van der Waals surface area (Å²) in [6, 6.07) is 33.0. The standard InChI is InChI=1S/C39H34FN5O4S/c1-2-33(43-36(46)32-22-41-24-35-31(32)23-42-45(35)30-20-18-29(40)19-21-30)37(47)44-34(38(48)49)25-50-39(26-12-6-3-7-13-26,27-14-8-4-9-15-27)28-16-10-5-11-17-28/h3-24,33-34H,2,25H2,1H3,(H,43,46)(H,44,47)(H,48,49)/t33?,34-/m0/s1. The number of aliphatic carboxylic acids is 1. The molecule has 0 spiro atoms. The van der Waals surface area contributed by atoms with Crippen LogP contribution in [0.25, 0.3) is 16.6 Å². The molecule has 9 nitrogen and oxygen atoms in total. The van der Waals surface area contributed by atoms with Crippen molar-refractivity contribution < 1.29 is 23.9 Å². The number of pyridine rings is 1. The fourth-order valence-electron chi connectivity index (χ4n) is 5.92. The number of carbonyl (C=O) groups excluding carboxylic acids is 2. The zero-order chi connectivity index (χ0) is 35.1. The van der Waals surface area contributed by atoms with Gasteiger partial charge in [0.25, 0.3) is 5.91 Å². The zero-order valence-electron chi connectivity index (χ0n) is 27.1. The van der Waals surface area contributed by atoms with E-state index < -0.39 is 34.6 Å². The van der Waals surface area contributed by atoms with Crippen LogP contribution < -0.4 is 10.6 Å². The Hall–Kier alpha value is -5.81. The lowest BCUT2D eigenvalue weighted by Gasteiger charge is -2.36. The smallest absolute Gasteiger partial charge is 0.327 e. The maximum atomic E-state index is 13.6. The summed E-state index contributed by atoms with van der Waals surface area (Å²) < 4.78 is 14.3. The summed E-state index contributed by atoms with van der Waals surface area (Å²) in [4.78, 5) is 44.0. The lowest BCUT2D eigenvalue weighted by molar-refractivity contribution is -0.141. The van der Waals surface area contributed by atoms with Gasteiger partial charge in [-0.25, -0.2) is 13.9 Å². The first-order chi connectivity index (χ1) is 24.3. The molecule has 3 N–H and O–H groups in total. The first-order valence-corrected chi connectivity index (χ1v) is 17.0. The van der Waals surface area contributed by atoms with Gasteiger partial charge in [-0.15, -0.1) is 11.8 Å². The number of fused-ring (bicyclic) bond motifs is 1. The van der Waals surface area contributed by atoms with Crippen molar-refractivity contribution in [2.75, 3.05) is 5.75 Å². The summed E-state index contributed by atoms with van der Waals surface area (Å²) in [5.74, 6) is -2.76. The molecule has 50 heavy (non-hydrogen) atoms. The maximum Gasteiger partial charge on any atom is 0.327 e. The number of hydrogen-bond acceptors (Lipinski definition) is 6. The van der Waals surface area contributed by atoms with Crippen LogP contribution in [0.15, 0.2) is 134 Å². The van der Waals surface area contributed by atoms with Crippen LogP contribution in [-0.2, 0) is 14.3 Å². The average Bonchev–Trinajstić information content (AvgIpc) is 3.59. The normalized spacial score (nSPS) is 12.6. The topological polar surface area (TPSA) is 126 Å². The number of benzene rings is 4. The Morgan fingerprint density at radius 1 is 0.780 bits per heavy atom. The predicted octanol–water partition coefficient (Wildman–Crippen LogP) is 6.36. The van der Waals surface area contributed by atoms with E-state index in [2.05, 4.69) is 20.7 Å². The van der Waals surface area contributed by atoms with Crippen molar-refractivity contribution in [1.29, 1.82) is 0 Å². The molecule has 6 aromatic rings. The number of carboxylic acid groups (broad SMARTS) is 1. The summed E-state index contributed by atoms with van der Waals surface area (Å²) in [7, 11) is 0. The van der Waals surface area contributed by atoms with Gasteiger partial charge in [-0.1, -0.05) is 97.9 Å². The van der Waals surface area contributed by atoms with Gasteiger partial charge in [0.15, 0.2) is 0 Å². The van der Waals surface area contributed by atoms with Gasteiger partial charge in [0, 0.05) is 17.3 Å². The third-order valence-electron chi connectivity index (χ3n) is 8.46. The Kier molecular flexibility index (Phi) is 10.3. The molecule has 1 unspecified atom stereocenters. The van der Waals surface area contributed by atoms with Gasteiger partial charge < -0.3 is 15.7 Å². The molecule has 2 atom stereocenters. The molecule has 0 saturated carbocycles. The second-order valence-corrected chi connectivity index (χ2v) is 12.8. The molecule has 0 aliphatic rings. The van der Waals surface area contributed by atoms with Gasteiger partial charge in [-0.05, 0) is 47.4 Å². The molecule has 4 aromatic carbocycles. The van der Waals surface area contributed by atoms with E-state index in [1.165, 1.54) is 41.0 Å². The van der Waals surface area contributed by atoms with Crippen LogP contribution in [0.1, 0.15) is 40.4 Å². The Bertz CT molecular complexity index is 2000. The molecule has 6 rings (SSSR count). The molecular formula is C39H34FN5O4S. The molecule has 0 fully saturated rings. The number of carboxylic acids is 1. The number of amides is 2. The number of rotatable bonds is 13. The van der Waals surface area contributed by atoms with Gasteiger partial charge in [0.2, 0.25) is 5.91 Å². The highest BCUT2D eigenvalue weighted by molar-refractivity contribution is 8.00. The van der Waals surface area contributed by atoms with Crippen molar-refractivity contribution in [3.63, 3.8) is 0 Å². The second kappa shape index (κ2) is 15.2. The van der Waals surface area contributed by atoms with Crippen molar-refractivity contribution in [2.45, 2.75) is 30.2 Å². The number of thioether (sulfide) groups is 1. The van der Waals surface area contributed by atoms with Crippen LogP contribution in [-0.4, -0.2) is 55.5 Å². The minimum absolute atomic E-state index is 0.0237. The van der Waals surface area contributed by atoms with Crippen molar-refractivity contribution in [2.24, 2.45) is 0 Å². The largest absolute Gasteiger partial charge is 0.480 e. The Morgan fingerprint density at radius 3 is 1.86 bits per heavy atom. The van der Waals surface area contributed by atoms with Crippen molar-refractivity contribution in [3.05, 3.63) is 162 Å². The molecular weight excluding hydrogens is 654 g/mol. The molecule has 0 bridgehead atoms. The maximum absolute atomic E-state index is 13.6. The highest BCUT2D eigenvalue weighted by Gasteiger charge is 2.39. The SMILES string of the molecule is CCC(NC(=O)c1cncc2c1cnn2-c1ccc(F)cc1)C(=O)N[C@@H](CSC(c1ccccc1)(c1ccccc1)c1ccccc1)C(=O)O. The number of nitrogens with zero attached hydrogens (tertiary/aromatic N) is 3. The minimum Gasteiger partial charge on any atom is -0.480 e. The molecule has 0 aliphatic heterocycles. The summed E-state index contributed by atoms with van der Waals surface area (Å²) >= 11 is 1.42. The summed E-state index contributed by atoms with van der Waals surface area (Å²) in [5, 5.41) is 20.6. The highest BCUT2D eigenvalue weighted by Crippen LogP contribution is 2.48. The fraction of sp³-hybridized carbons (Fsp3) is 0.154. The van der Waals surface area contributed by atoms with E-state index in [1.807, 2.05) is 91.0 Å². The van der Waals surface area contributed by atoms with Crippen molar-refractivity contribution >= 4 is 40.4 Å².